The van der Waals surface area contributed by atoms with E-state index in [1.165, 1.54) is 0 Å². The lowest BCUT2D eigenvalue weighted by Crippen LogP contribution is -2.46. The second-order valence-electron chi connectivity index (χ2n) is 5.03. The molecule has 1 heterocycles. The molecule has 2 aromatic rings. The standard InChI is InChI=1S/C15H17NO4.ClH/c1-3-15(19,14(16)18)8-11-7-10-5-4-9(2)6-12(10)20-13(11)17;/h4-7,19H,3,8H2,1-2H3,(H2,16,18);1H. The van der Waals surface area contributed by atoms with Gasteiger partial charge in [0.2, 0.25) is 5.91 Å². The summed E-state index contributed by atoms with van der Waals surface area (Å²) in [4.78, 5) is 23.2. The van der Waals surface area contributed by atoms with Crippen molar-refractivity contribution in [3.63, 3.8) is 0 Å². The molecule has 0 saturated heterocycles. The summed E-state index contributed by atoms with van der Waals surface area (Å²) in [6, 6.07) is 7.11. The number of hydrogen-bond acceptors (Lipinski definition) is 4. The highest BCUT2D eigenvalue weighted by Crippen LogP contribution is 2.19. The first-order chi connectivity index (χ1) is 9.35. The molecule has 2 rings (SSSR count). The smallest absolute Gasteiger partial charge is 0.339 e. The zero-order valence-corrected chi connectivity index (χ0v) is 12.7. The summed E-state index contributed by atoms with van der Waals surface area (Å²) in [6.45, 7) is 3.53. The lowest BCUT2D eigenvalue weighted by molar-refractivity contribution is -0.136. The molecule has 0 aliphatic carbocycles. The molecule has 0 spiro atoms. The van der Waals surface area contributed by atoms with E-state index in [1.807, 2.05) is 19.1 Å². The topological polar surface area (TPSA) is 93.5 Å². The van der Waals surface area contributed by atoms with Gasteiger partial charge < -0.3 is 15.3 Å². The highest BCUT2D eigenvalue weighted by molar-refractivity contribution is 5.85. The second kappa shape index (κ2) is 6.28. The van der Waals surface area contributed by atoms with E-state index < -0.39 is 17.1 Å². The minimum atomic E-state index is -1.73. The van der Waals surface area contributed by atoms with Crippen molar-refractivity contribution in [3.05, 3.63) is 45.8 Å². The maximum Gasteiger partial charge on any atom is 0.339 e. The van der Waals surface area contributed by atoms with Crippen molar-refractivity contribution in [2.24, 2.45) is 5.73 Å². The van der Waals surface area contributed by atoms with Crippen LogP contribution in [0, 0.1) is 6.92 Å². The van der Waals surface area contributed by atoms with E-state index in [0.717, 1.165) is 10.9 Å². The predicted octanol–water partition coefficient (Wildman–Crippen LogP) is 1.69. The minimum absolute atomic E-state index is 0. The molecule has 0 aliphatic heterocycles. The van der Waals surface area contributed by atoms with Gasteiger partial charge in [0.15, 0.2) is 0 Å². The normalized spacial score (nSPS) is 13.5. The number of hydrogen-bond donors (Lipinski definition) is 2. The molecule has 1 amide bonds. The maximum absolute atomic E-state index is 11.9. The molecule has 3 N–H and O–H groups in total. The molecule has 0 bridgehead atoms. The Morgan fingerprint density at radius 1 is 1.38 bits per heavy atom. The Labute approximate surface area is 128 Å². The van der Waals surface area contributed by atoms with Gasteiger partial charge in [-0.05, 0) is 31.0 Å². The first kappa shape index (κ1) is 17.2. The molecule has 1 unspecified atom stereocenters. The van der Waals surface area contributed by atoms with Gasteiger partial charge >= 0.3 is 5.63 Å². The van der Waals surface area contributed by atoms with Crippen LogP contribution in [0.3, 0.4) is 0 Å². The summed E-state index contributed by atoms with van der Waals surface area (Å²) in [5.41, 5.74) is 4.61. The molecule has 114 valence electrons. The molecule has 0 aliphatic rings. The Hall–Kier alpha value is -1.85. The Morgan fingerprint density at radius 2 is 2.05 bits per heavy atom. The molecule has 5 nitrogen and oxygen atoms in total. The third-order valence-electron chi connectivity index (χ3n) is 3.49. The van der Waals surface area contributed by atoms with Crippen molar-refractivity contribution < 1.29 is 14.3 Å². The Morgan fingerprint density at radius 3 is 2.62 bits per heavy atom. The third kappa shape index (κ3) is 3.43. The molecule has 6 heteroatoms. The average molecular weight is 312 g/mol. The van der Waals surface area contributed by atoms with Crippen LogP contribution in [-0.4, -0.2) is 16.6 Å². The number of nitrogens with two attached hydrogens (primary N) is 1. The number of aliphatic hydroxyl groups is 1. The molecule has 1 atom stereocenters. The van der Waals surface area contributed by atoms with Gasteiger partial charge in [0.1, 0.15) is 11.2 Å². The van der Waals surface area contributed by atoms with Crippen LogP contribution >= 0.6 is 12.4 Å². The third-order valence-corrected chi connectivity index (χ3v) is 3.49. The van der Waals surface area contributed by atoms with Gasteiger partial charge in [0.25, 0.3) is 0 Å². The first-order valence-corrected chi connectivity index (χ1v) is 6.41. The summed E-state index contributed by atoms with van der Waals surface area (Å²) < 4.78 is 5.22. The number of fused-ring (bicyclic) bond motifs is 1. The van der Waals surface area contributed by atoms with Crippen LogP contribution in [0.1, 0.15) is 24.5 Å². The van der Waals surface area contributed by atoms with Crippen LogP contribution in [0.15, 0.2) is 33.5 Å². The summed E-state index contributed by atoms with van der Waals surface area (Å²) in [5, 5.41) is 10.9. The zero-order chi connectivity index (χ0) is 14.9. The fourth-order valence-corrected chi connectivity index (χ4v) is 2.09. The number of rotatable bonds is 4. The zero-order valence-electron chi connectivity index (χ0n) is 11.9. The van der Waals surface area contributed by atoms with E-state index in [2.05, 4.69) is 0 Å². The van der Waals surface area contributed by atoms with Gasteiger partial charge in [0, 0.05) is 17.4 Å². The van der Waals surface area contributed by atoms with Crippen LogP contribution in [0.4, 0.5) is 0 Å². The Bertz CT molecular complexity index is 725. The molecule has 0 saturated carbocycles. The van der Waals surface area contributed by atoms with E-state index >= 15 is 0 Å². The quantitative estimate of drug-likeness (QED) is 0.840. The van der Waals surface area contributed by atoms with Crippen LogP contribution in [-0.2, 0) is 11.2 Å². The number of amides is 1. The van der Waals surface area contributed by atoms with E-state index in [9.17, 15) is 14.7 Å². The minimum Gasteiger partial charge on any atom is -0.423 e. The molecular weight excluding hydrogens is 294 g/mol. The fraction of sp³-hybridized carbons (Fsp3) is 0.333. The van der Waals surface area contributed by atoms with Crippen LogP contribution < -0.4 is 11.4 Å². The monoisotopic (exact) mass is 311 g/mol. The van der Waals surface area contributed by atoms with Crippen LogP contribution in [0.5, 0.6) is 0 Å². The summed E-state index contributed by atoms with van der Waals surface area (Å²) >= 11 is 0. The number of primary amides is 1. The highest BCUT2D eigenvalue weighted by atomic mass is 35.5. The number of aryl methyl sites for hydroxylation is 1. The highest BCUT2D eigenvalue weighted by Gasteiger charge is 2.33. The van der Waals surface area contributed by atoms with Gasteiger partial charge in [-0.25, -0.2) is 4.79 Å². The van der Waals surface area contributed by atoms with E-state index in [-0.39, 0.29) is 30.8 Å². The lowest BCUT2D eigenvalue weighted by atomic mass is 9.91. The van der Waals surface area contributed by atoms with Crippen molar-refractivity contribution in [3.8, 4) is 0 Å². The summed E-state index contributed by atoms with van der Waals surface area (Å²) in [7, 11) is 0. The largest absolute Gasteiger partial charge is 0.423 e. The Balaban J connectivity index is 0.00000220. The van der Waals surface area contributed by atoms with Gasteiger partial charge in [-0.3, -0.25) is 4.79 Å². The molecule has 0 radical (unpaired) electrons. The van der Waals surface area contributed by atoms with Crippen molar-refractivity contribution in [1.82, 2.24) is 0 Å². The van der Waals surface area contributed by atoms with E-state index in [4.69, 9.17) is 10.2 Å². The molecular formula is C15H18ClNO4. The van der Waals surface area contributed by atoms with E-state index in [1.54, 1.807) is 19.1 Å². The van der Waals surface area contributed by atoms with Gasteiger partial charge in [-0.2, -0.15) is 0 Å². The van der Waals surface area contributed by atoms with E-state index in [0.29, 0.717) is 5.58 Å². The predicted molar refractivity (Wildman–Crippen MR) is 82.6 cm³/mol. The van der Waals surface area contributed by atoms with Crippen LogP contribution in [0.25, 0.3) is 11.0 Å². The summed E-state index contributed by atoms with van der Waals surface area (Å²) in [5.74, 6) is -0.844. The molecule has 1 aromatic carbocycles. The first-order valence-electron chi connectivity index (χ1n) is 6.41. The molecule has 21 heavy (non-hydrogen) atoms. The fourth-order valence-electron chi connectivity index (χ4n) is 2.09. The number of benzene rings is 1. The second-order valence-corrected chi connectivity index (χ2v) is 5.03. The van der Waals surface area contributed by atoms with Gasteiger partial charge in [0.05, 0.1) is 0 Å². The molecule has 0 fully saturated rings. The number of carbonyl (C=O) groups is 1. The lowest BCUT2D eigenvalue weighted by Gasteiger charge is -2.22. The van der Waals surface area contributed by atoms with Crippen molar-refractivity contribution in [2.45, 2.75) is 32.3 Å². The number of carbonyl (C=O) groups excluding carboxylic acids is 1. The average Bonchev–Trinajstić information content (AvgIpc) is 2.39. The Kier molecular flexibility index (Phi) is 5.15. The van der Waals surface area contributed by atoms with Crippen molar-refractivity contribution >= 4 is 29.3 Å². The number of halogens is 1. The maximum atomic E-state index is 11.9. The van der Waals surface area contributed by atoms with Crippen LogP contribution in [0.2, 0.25) is 0 Å². The van der Waals surface area contributed by atoms with Gasteiger partial charge in [-0.15, -0.1) is 12.4 Å². The summed E-state index contributed by atoms with van der Waals surface area (Å²) in [6.07, 6.45) is -0.0152. The van der Waals surface area contributed by atoms with Gasteiger partial charge in [-0.1, -0.05) is 19.1 Å². The van der Waals surface area contributed by atoms with Crippen molar-refractivity contribution in [2.75, 3.05) is 0 Å². The molecule has 1 aromatic heterocycles. The SMILES string of the molecule is CCC(O)(Cc1cc2ccc(C)cc2oc1=O)C(N)=O.Cl. The van der Waals surface area contributed by atoms with Crippen molar-refractivity contribution in [1.29, 1.82) is 0 Å².